The van der Waals surface area contributed by atoms with Crippen LogP contribution in [0.4, 0.5) is 4.39 Å². The van der Waals surface area contributed by atoms with Crippen molar-refractivity contribution in [3.63, 3.8) is 0 Å². The molecule has 2 aromatic rings. The van der Waals surface area contributed by atoms with Crippen molar-refractivity contribution in [1.29, 1.82) is 0 Å². The number of halogens is 1. The lowest BCUT2D eigenvalue weighted by molar-refractivity contribution is -0.149. The number of aliphatic carboxylic acids is 1. The van der Waals surface area contributed by atoms with Gasteiger partial charge in [0.2, 0.25) is 5.82 Å². The first-order valence-corrected chi connectivity index (χ1v) is 8.63. The van der Waals surface area contributed by atoms with E-state index in [1.165, 1.54) is 16.8 Å². The molecule has 1 aromatic carbocycles. The van der Waals surface area contributed by atoms with Crippen LogP contribution in [0.2, 0.25) is 0 Å². The predicted molar refractivity (Wildman–Crippen MR) is 89.4 cm³/mol. The van der Waals surface area contributed by atoms with Crippen LogP contribution >= 0.6 is 0 Å². The molecule has 1 aromatic heterocycles. The first kappa shape index (κ1) is 16.7. The summed E-state index contributed by atoms with van der Waals surface area (Å²) in [6, 6.07) is 5.75. The zero-order valence-electron chi connectivity index (χ0n) is 14.4. The molecular weight excluding hydrogens is 339 g/mol. The molecule has 136 valence electrons. The van der Waals surface area contributed by atoms with E-state index >= 15 is 0 Å². The number of carboxylic acids is 1. The van der Waals surface area contributed by atoms with E-state index in [1.807, 2.05) is 0 Å². The number of rotatable bonds is 3. The third-order valence-electron chi connectivity index (χ3n) is 5.62. The largest absolute Gasteiger partial charge is 0.481 e. The van der Waals surface area contributed by atoms with E-state index < -0.39 is 11.4 Å². The van der Waals surface area contributed by atoms with Gasteiger partial charge in [-0.05, 0) is 49.9 Å². The van der Waals surface area contributed by atoms with E-state index in [-0.39, 0.29) is 30.0 Å². The Hall–Kier alpha value is -2.77. The Morgan fingerprint density at radius 2 is 2.04 bits per heavy atom. The Labute approximate surface area is 149 Å². The maximum atomic E-state index is 13.1. The quantitative estimate of drug-likeness (QED) is 0.907. The molecule has 4 rings (SSSR count). The molecule has 1 aliphatic heterocycles. The van der Waals surface area contributed by atoms with Crippen LogP contribution < -0.4 is 0 Å². The molecule has 2 atom stereocenters. The van der Waals surface area contributed by atoms with Gasteiger partial charge >= 0.3 is 5.97 Å². The van der Waals surface area contributed by atoms with Crippen molar-refractivity contribution in [2.75, 3.05) is 13.1 Å². The lowest BCUT2D eigenvalue weighted by Crippen LogP contribution is -2.37. The molecule has 1 aliphatic carbocycles. The number of hydrogen-bond acceptors (Lipinski definition) is 4. The van der Waals surface area contributed by atoms with Gasteiger partial charge in [0, 0.05) is 13.1 Å². The predicted octanol–water partition coefficient (Wildman–Crippen LogP) is 2.04. The number of amides is 1. The highest BCUT2D eigenvalue weighted by Crippen LogP contribution is 2.49. The lowest BCUT2D eigenvalue weighted by atomic mass is 9.81. The van der Waals surface area contributed by atoms with Crippen LogP contribution in [0.15, 0.2) is 24.3 Å². The molecule has 26 heavy (non-hydrogen) atoms. The molecule has 8 heteroatoms. The average Bonchev–Trinajstić information content (AvgIpc) is 3.27. The van der Waals surface area contributed by atoms with Gasteiger partial charge in [0.1, 0.15) is 11.6 Å². The standard InChI is InChI=1S/C18H19FN4O3/c1-11-20-15(21-23(11)14-6-4-13(19)5-7-14)16(24)22-9-12-3-2-8-18(12,10-22)17(25)26/h4-7,12H,2-3,8-10H2,1H3,(H,25,26)/t12-,18+/m0/s1. The summed E-state index contributed by atoms with van der Waals surface area (Å²) in [5.41, 5.74) is -0.222. The summed E-state index contributed by atoms with van der Waals surface area (Å²) in [4.78, 5) is 30.4. The molecule has 1 N–H and O–H groups in total. The van der Waals surface area contributed by atoms with E-state index in [0.29, 0.717) is 24.5 Å². The van der Waals surface area contributed by atoms with Gasteiger partial charge in [0.05, 0.1) is 11.1 Å². The summed E-state index contributed by atoms with van der Waals surface area (Å²) < 4.78 is 14.6. The zero-order chi connectivity index (χ0) is 18.5. The number of carboxylic acid groups (broad SMARTS) is 1. The smallest absolute Gasteiger partial charge is 0.311 e. The summed E-state index contributed by atoms with van der Waals surface area (Å²) in [5.74, 6) is -1.01. The van der Waals surface area contributed by atoms with Crippen LogP contribution in [0.1, 0.15) is 35.7 Å². The molecule has 2 aliphatic rings. The number of carbonyl (C=O) groups is 2. The summed E-state index contributed by atoms with van der Waals surface area (Å²) in [7, 11) is 0. The van der Waals surface area contributed by atoms with Crippen molar-refractivity contribution >= 4 is 11.9 Å². The minimum Gasteiger partial charge on any atom is -0.481 e. The lowest BCUT2D eigenvalue weighted by Gasteiger charge is -2.22. The number of benzene rings is 1. The highest BCUT2D eigenvalue weighted by Gasteiger charge is 2.56. The molecule has 1 saturated carbocycles. The molecular formula is C18H19FN4O3. The first-order chi connectivity index (χ1) is 12.4. The summed E-state index contributed by atoms with van der Waals surface area (Å²) in [6.45, 7) is 2.34. The fourth-order valence-electron chi connectivity index (χ4n) is 4.24. The van der Waals surface area contributed by atoms with Crippen molar-refractivity contribution in [1.82, 2.24) is 19.7 Å². The Morgan fingerprint density at radius 3 is 2.69 bits per heavy atom. The highest BCUT2D eigenvalue weighted by molar-refractivity contribution is 5.91. The number of fused-ring (bicyclic) bond motifs is 1. The van der Waals surface area contributed by atoms with Crippen LogP contribution in [-0.2, 0) is 4.79 Å². The van der Waals surface area contributed by atoms with E-state index in [4.69, 9.17) is 0 Å². The van der Waals surface area contributed by atoms with Crippen LogP contribution in [0, 0.1) is 24.1 Å². The van der Waals surface area contributed by atoms with Crippen LogP contribution in [0.5, 0.6) is 0 Å². The maximum absolute atomic E-state index is 13.1. The Balaban J connectivity index is 1.59. The normalized spacial score (nSPS) is 24.7. The number of aryl methyl sites for hydroxylation is 1. The Morgan fingerprint density at radius 1 is 1.31 bits per heavy atom. The second kappa shape index (κ2) is 5.89. The molecule has 7 nitrogen and oxygen atoms in total. The Kier molecular flexibility index (Phi) is 3.78. The number of hydrogen-bond donors (Lipinski definition) is 1. The Bertz CT molecular complexity index is 879. The molecule has 1 amide bonds. The van der Waals surface area contributed by atoms with E-state index in [0.717, 1.165) is 12.8 Å². The summed E-state index contributed by atoms with van der Waals surface area (Å²) in [6.07, 6.45) is 2.31. The van der Waals surface area contributed by atoms with Crippen molar-refractivity contribution in [3.8, 4) is 5.69 Å². The van der Waals surface area contributed by atoms with Crippen molar-refractivity contribution in [2.24, 2.45) is 11.3 Å². The van der Waals surface area contributed by atoms with Gasteiger partial charge < -0.3 is 10.0 Å². The molecule has 0 radical (unpaired) electrons. The molecule has 2 heterocycles. The van der Waals surface area contributed by atoms with Gasteiger partial charge in [-0.1, -0.05) is 6.42 Å². The van der Waals surface area contributed by atoms with Gasteiger partial charge in [0.25, 0.3) is 5.91 Å². The summed E-state index contributed by atoms with van der Waals surface area (Å²) in [5, 5.41) is 13.9. The fraction of sp³-hybridized carbons (Fsp3) is 0.444. The number of aromatic nitrogens is 3. The number of carbonyl (C=O) groups excluding carboxylic acids is 1. The van der Waals surface area contributed by atoms with Gasteiger partial charge in [-0.15, -0.1) is 5.10 Å². The molecule has 2 fully saturated rings. The van der Waals surface area contributed by atoms with Crippen molar-refractivity contribution in [2.45, 2.75) is 26.2 Å². The van der Waals surface area contributed by atoms with Gasteiger partial charge in [-0.3, -0.25) is 9.59 Å². The summed E-state index contributed by atoms with van der Waals surface area (Å²) >= 11 is 0. The van der Waals surface area contributed by atoms with Crippen LogP contribution in [-0.4, -0.2) is 49.7 Å². The van der Waals surface area contributed by atoms with Crippen molar-refractivity contribution < 1.29 is 19.1 Å². The SMILES string of the molecule is Cc1nc(C(=O)N2C[C@@H]3CCC[C@@]3(C(=O)O)C2)nn1-c1ccc(F)cc1. The molecule has 1 saturated heterocycles. The fourth-order valence-corrected chi connectivity index (χ4v) is 4.24. The molecule has 0 bridgehead atoms. The number of nitrogens with zero attached hydrogens (tertiary/aromatic N) is 4. The topological polar surface area (TPSA) is 88.3 Å². The minimum absolute atomic E-state index is 0.00997. The van der Waals surface area contributed by atoms with Crippen LogP contribution in [0.25, 0.3) is 5.69 Å². The van der Waals surface area contributed by atoms with Gasteiger partial charge in [-0.2, -0.15) is 0 Å². The molecule has 0 unspecified atom stereocenters. The maximum Gasteiger partial charge on any atom is 0.311 e. The number of likely N-dealkylation sites (tertiary alicyclic amines) is 1. The highest BCUT2D eigenvalue weighted by atomic mass is 19.1. The minimum atomic E-state index is -0.829. The monoisotopic (exact) mass is 358 g/mol. The third-order valence-corrected chi connectivity index (χ3v) is 5.62. The second-order valence-corrected chi connectivity index (χ2v) is 7.11. The average molecular weight is 358 g/mol. The molecule has 0 spiro atoms. The third kappa shape index (κ3) is 2.48. The first-order valence-electron chi connectivity index (χ1n) is 8.63. The van der Waals surface area contributed by atoms with Crippen molar-refractivity contribution in [3.05, 3.63) is 41.7 Å². The second-order valence-electron chi connectivity index (χ2n) is 7.11. The van der Waals surface area contributed by atoms with Crippen LogP contribution in [0.3, 0.4) is 0 Å². The van der Waals surface area contributed by atoms with Gasteiger partial charge in [-0.25, -0.2) is 14.1 Å². The van der Waals surface area contributed by atoms with E-state index in [2.05, 4.69) is 10.1 Å². The van der Waals surface area contributed by atoms with Gasteiger partial charge in [0.15, 0.2) is 0 Å². The van der Waals surface area contributed by atoms with E-state index in [9.17, 15) is 19.1 Å². The van der Waals surface area contributed by atoms with E-state index in [1.54, 1.807) is 24.0 Å². The zero-order valence-corrected chi connectivity index (χ0v) is 14.4.